The Hall–Kier alpha value is -4.45. The van der Waals surface area contributed by atoms with Crippen molar-refractivity contribution >= 4 is 33.9 Å². The first-order valence-electron chi connectivity index (χ1n) is 10.8. The molecule has 0 bridgehead atoms. The lowest BCUT2D eigenvalue weighted by atomic mass is 10.1. The van der Waals surface area contributed by atoms with Crippen LogP contribution in [-0.2, 0) is 16.1 Å². The zero-order valence-corrected chi connectivity index (χ0v) is 19.1. The van der Waals surface area contributed by atoms with Gasteiger partial charge in [0.15, 0.2) is 12.3 Å². The molecule has 0 spiro atoms. The largest absolute Gasteiger partial charge is 0.452 e. The van der Waals surface area contributed by atoms with Gasteiger partial charge in [-0.05, 0) is 24.6 Å². The summed E-state index contributed by atoms with van der Waals surface area (Å²) in [6.45, 7) is 1.60. The second kappa shape index (κ2) is 9.19. The van der Waals surface area contributed by atoms with Gasteiger partial charge in [-0.25, -0.2) is 9.48 Å². The Bertz CT molecular complexity index is 1400. The lowest BCUT2D eigenvalue weighted by molar-refractivity contribution is -0.118. The summed E-state index contributed by atoms with van der Waals surface area (Å²) in [5.41, 5.74) is 1.24. The van der Waals surface area contributed by atoms with Crippen molar-refractivity contribution in [2.75, 3.05) is 30.5 Å². The Morgan fingerprint density at radius 2 is 1.59 bits per heavy atom. The first-order valence-corrected chi connectivity index (χ1v) is 10.8. The third kappa shape index (κ3) is 3.79. The number of esters is 1. The first kappa shape index (κ1) is 22.7. The minimum absolute atomic E-state index is 0.0508. The van der Waals surface area contributed by atoms with Crippen LogP contribution in [0.5, 0.6) is 0 Å². The molecule has 9 nitrogen and oxygen atoms in total. The van der Waals surface area contributed by atoms with Crippen LogP contribution in [0.2, 0.25) is 0 Å². The Morgan fingerprint density at radius 3 is 2.18 bits per heavy atom. The van der Waals surface area contributed by atoms with Crippen LogP contribution in [0.4, 0.5) is 11.4 Å². The number of ketones is 1. The number of para-hydroxylation sites is 2. The molecule has 9 heteroatoms. The zero-order chi connectivity index (χ0) is 24.4. The van der Waals surface area contributed by atoms with Gasteiger partial charge < -0.3 is 14.5 Å². The number of fused-ring (bicyclic) bond motifs is 2. The van der Waals surface area contributed by atoms with E-state index in [0.29, 0.717) is 29.6 Å². The lowest BCUT2D eigenvalue weighted by Crippen LogP contribution is -2.29. The number of carbonyl (C=O) groups excluding carboxylic acids is 2. The Morgan fingerprint density at radius 1 is 1.00 bits per heavy atom. The van der Waals surface area contributed by atoms with E-state index in [1.807, 2.05) is 37.3 Å². The summed E-state index contributed by atoms with van der Waals surface area (Å²) in [6, 6.07) is 16.1. The van der Waals surface area contributed by atoms with Crippen LogP contribution < -0.4 is 15.4 Å². The summed E-state index contributed by atoms with van der Waals surface area (Å²) < 4.78 is 6.50. The van der Waals surface area contributed by atoms with Gasteiger partial charge in [-0.3, -0.25) is 9.59 Å². The second-order valence-electron chi connectivity index (χ2n) is 7.84. The molecule has 4 rings (SSSR count). The number of aryl methyl sites for hydroxylation is 1. The molecule has 0 N–H and O–H groups in total. The molecule has 0 saturated carbocycles. The molecule has 1 aliphatic heterocycles. The van der Waals surface area contributed by atoms with Crippen molar-refractivity contribution in [2.24, 2.45) is 0 Å². The molecule has 34 heavy (non-hydrogen) atoms. The third-order valence-electron chi connectivity index (χ3n) is 5.68. The van der Waals surface area contributed by atoms with E-state index in [2.05, 4.69) is 5.10 Å². The number of anilines is 2. The van der Waals surface area contributed by atoms with Gasteiger partial charge >= 0.3 is 5.97 Å². The highest BCUT2D eigenvalue weighted by Crippen LogP contribution is 2.40. The van der Waals surface area contributed by atoms with E-state index in [1.165, 1.54) is 4.68 Å². The first-order chi connectivity index (χ1) is 16.4. The van der Waals surface area contributed by atoms with Crippen LogP contribution in [0.15, 0.2) is 64.7 Å². The minimum atomic E-state index is -0.840. The number of hydrogen-bond donors (Lipinski definition) is 0. The number of benzene rings is 2. The maximum Gasteiger partial charge on any atom is 0.359 e. The third-order valence-corrected chi connectivity index (χ3v) is 5.68. The average molecular weight is 457 g/mol. The van der Waals surface area contributed by atoms with Crippen molar-refractivity contribution in [3.05, 3.63) is 76.0 Å². The molecule has 0 fully saturated rings. The number of aromatic nitrogens is 2. The molecular formula is C25H23N5O4. The Labute approximate surface area is 196 Å². The molecule has 0 atom stereocenters. The summed E-state index contributed by atoms with van der Waals surface area (Å²) in [5.74, 6) is -1.07. The molecule has 0 aliphatic carbocycles. The number of hydrogen-bond acceptors (Lipinski definition) is 8. The molecule has 0 amide bonds. The van der Waals surface area contributed by atoms with E-state index in [0.717, 1.165) is 11.4 Å². The maximum atomic E-state index is 12.9. The molecule has 3 aromatic rings. The van der Waals surface area contributed by atoms with Crippen LogP contribution in [0, 0.1) is 11.3 Å². The van der Waals surface area contributed by atoms with Crippen molar-refractivity contribution in [2.45, 2.75) is 19.9 Å². The van der Waals surface area contributed by atoms with Gasteiger partial charge in [0, 0.05) is 26.0 Å². The van der Waals surface area contributed by atoms with E-state index in [-0.39, 0.29) is 16.8 Å². The van der Waals surface area contributed by atoms with Gasteiger partial charge in [-0.1, -0.05) is 37.3 Å². The van der Waals surface area contributed by atoms with Gasteiger partial charge in [-0.2, -0.15) is 10.4 Å². The molecular weight excluding hydrogens is 434 g/mol. The average Bonchev–Trinajstić information content (AvgIpc) is 3.10. The number of rotatable bonds is 6. The summed E-state index contributed by atoms with van der Waals surface area (Å²) in [5, 5.41) is 14.6. The standard InChI is InChI=1S/C25H23N5O4/c1-4-13-30-24(32)17-10-6-5-9-16(17)22(27-30)25(33)34-15-21(31)18(14-26)23-28(2)19-11-7-8-12-20(19)29(23)3/h5-12H,4,13,15H2,1-3H3. The highest BCUT2D eigenvalue weighted by atomic mass is 16.5. The second-order valence-corrected chi connectivity index (χ2v) is 7.84. The topological polar surface area (TPSA) is 109 Å². The van der Waals surface area contributed by atoms with E-state index in [9.17, 15) is 19.6 Å². The Balaban J connectivity index is 1.62. The predicted molar refractivity (Wildman–Crippen MR) is 127 cm³/mol. The maximum absolute atomic E-state index is 12.9. The molecule has 0 saturated heterocycles. The highest BCUT2D eigenvalue weighted by Gasteiger charge is 2.31. The molecule has 2 aromatic carbocycles. The number of carbonyl (C=O) groups is 2. The SMILES string of the molecule is CCCn1nc(C(=O)OCC(=O)C(C#N)=C2N(C)c3ccccc3N2C)c2ccccc2c1=O. The number of nitriles is 1. The summed E-state index contributed by atoms with van der Waals surface area (Å²) in [6.07, 6.45) is 0.654. The van der Waals surface area contributed by atoms with E-state index in [1.54, 1.807) is 48.2 Å². The van der Waals surface area contributed by atoms with E-state index < -0.39 is 18.4 Å². The van der Waals surface area contributed by atoms with Crippen molar-refractivity contribution in [1.29, 1.82) is 5.26 Å². The van der Waals surface area contributed by atoms with Crippen molar-refractivity contribution in [3.63, 3.8) is 0 Å². The van der Waals surface area contributed by atoms with Crippen LogP contribution in [0.25, 0.3) is 10.8 Å². The summed E-state index contributed by atoms with van der Waals surface area (Å²) in [7, 11) is 3.53. The smallest absolute Gasteiger partial charge is 0.359 e. The monoisotopic (exact) mass is 457 g/mol. The fraction of sp³-hybridized carbons (Fsp3) is 0.240. The lowest BCUT2D eigenvalue weighted by Gasteiger charge is -2.19. The van der Waals surface area contributed by atoms with Crippen LogP contribution in [0.1, 0.15) is 23.8 Å². The van der Waals surface area contributed by atoms with E-state index >= 15 is 0 Å². The molecule has 172 valence electrons. The molecule has 0 unspecified atom stereocenters. The molecule has 1 aromatic heterocycles. The van der Waals surface area contributed by atoms with Gasteiger partial charge in [0.25, 0.3) is 5.56 Å². The van der Waals surface area contributed by atoms with Gasteiger partial charge in [0.05, 0.1) is 16.8 Å². The van der Waals surface area contributed by atoms with Gasteiger partial charge in [-0.15, -0.1) is 0 Å². The fourth-order valence-electron chi connectivity index (χ4n) is 4.08. The van der Waals surface area contributed by atoms with Crippen molar-refractivity contribution in [1.82, 2.24) is 9.78 Å². The summed E-state index contributed by atoms with van der Waals surface area (Å²) >= 11 is 0. The van der Waals surface area contributed by atoms with Gasteiger partial charge in [0.2, 0.25) is 5.78 Å². The number of Topliss-reactive ketones (excluding diaryl/α,β-unsaturated/α-hetero) is 1. The van der Waals surface area contributed by atoms with Crippen LogP contribution in [0.3, 0.4) is 0 Å². The zero-order valence-electron chi connectivity index (χ0n) is 19.1. The van der Waals surface area contributed by atoms with E-state index in [4.69, 9.17) is 4.74 Å². The highest BCUT2D eigenvalue weighted by molar-refractivity contribution is 6.06. The fourth-order valence-corrected chi connectivity index (χ4v) is 4.08. The number of ether oxygens (including phenoxy) is 1. The quantitative estimate of drug-likeness (QED) is 0.316. The molecule has 2 heterocycles. The summed E-state index contributed by atoms with van der Waals surface area (Å²) in [4.78, 5) is 42.0. The van der Waals surface area contributed by atoms with Crippen molar-refractivity contribution in [3.8, 4) is 6.07 Å². The van der Waals surface area contributed by atoms with Crippen LogP contribution in [-0.4, -0.2) is 42.2 Å². The minimum Gasteiger partial charge on any atom is -0.452 e. The predicted octanol–water partition coefficient (Wildman–Crippen LogP) is 2.85. The van der Waals surface area contributed by atoms with Gasteiger partial charge in [0.1, 0.15) is 17.5 Å². The normalized spacial score (nSPS) is 12.5. The number of nitrogens with zero attached hydrogens (tertiary/aromatic N) is 5. The van der Waals surface area contributed by atoms with Crippen molar-refractivity contribution < 1.29 is 14.3 Å². The molecule has 0 radical (unpaired) electrons. The van der Waals surface area contributed by atoms with Crippen LogP contribution >= 0.6 is 0 Å². The Kier molecular flexibility index (Phi) is 6.15. The molecule has 1 aliphatic rings.